The van der Waals surface area contributed by atoms with Crippen molar-refractivity contribution in [3.05, 3.63) is 123 Å². The lowest BCUT2D eigenvalue weighted by molar-refractivity contribution is -0.139. The molecule has 2 aromatic heterocycles. The summed E-state index contributed by atoms with van der Waals surface area (Å²) in [5.74, 6) is -1.16. The van der Waals surface area contributed by atoms with Crippen LogP contribution in [0, 0.1) is 5.92 Å². The predicted octanol–water partition coefficient (Wildman–Crippen LogP) is 3.31. The van der Waals surface area contributed by atoms with Crippen molar-refractivity contribution in [3.63, 3.8) is 0 Å². The minimum atomic E-state index is -2.05. The molecule has 3 atom stereocenters. The SMILES string of the molecule is COc1cccn(-c2cccc(CN3C(=O)[C@](O)([C@H](C)/C=C/CC(=O)N4CCC[C@H]4CO)c4cc(-n5cccc(OC)c5=O)ccc43)c2)c1=O. The normalized spacial score (nSPS) is 19.2. The van der Waals surface area contributed by atoms with Gasteiger partial charge in [-0.3, -0.25) is 28.3 Å². The molecule has 2 N–H and O–H groups in total. The molecule has 2 aliphatic rings. The van der Waals surface area contributed by atoms with Crippen LogP contribution in [0.5, 0.6) is 11.5 Å². The third-order valence-electron chi connectivity index (χ3n) is 9.61. The molecule has 260 valence electrons. The number of pyridine rings is 2. The minimum absolute atomic E-state index is 0.0529. The average molecular weight is 681 g/mol. The molecule has 50 heavy (non-hydrogen) atoms. The maximum Gasteiger partial charge on any atom is 0.297 e. The molecule has 12 nitrogen and oxygen atoms in total. The van der Waals surface area contributed by atoms with Gasteiger partial charge in [0.05, 0.1) is 39.1 Å². The van der Waals surface area contributed by atoms with E-state index in [9.17, 15) is 29.4 Å². The summed E-state index contributed by atoms with van der Waals surface area (Å²) in [5.41, 5.74) is -0.320. The van der Waals surface area contributed by atoms with Gasteiger partial charge in [0.2, 0.25) is 5.91 Å². The fourth-order valence-corrected chi connectivity index (χ4v) is 6.88. The Morgan fingerprint density at radius 2 is 1.60 bits per heavy atom. The van der Waals surface area contributed by atoms with Crippen LogP contribution in [-0.4, -0.2) is 69.5 Å². The molecular weight excluding hydrogens is 640 g/mol. The van der Waals surface area contributed by atoms with E-state index >= 15 is 0 Å². The van der Waals surface area contributed by atoms with Crippen molar-refractivity contribution in [1.82, 2.24) is 14.0 Å². The number of ether oxygens (including phenoxy) is 2. The van der Waals surface area contributed by atoms with Crippen LogP contribution in [0.1, 0.15) is 37.3 Å². The Morgan fingerprint density at radius 3 is 2.24 bits per heavy atom. The third kappa shape index (κ3) is 6.12. The molecule has 12 heteroatoms. The molecule has 4 aromatic rings. The maximum absolute atomic E-state index is 14.4. The third-order valence-corrected chi connectivity index (χ3v) is 9.61. The van der Waals surface area contributed by atoms with E-state index in [1.54, 1.807) is 97.0 Å². The van der Waals surface area contributed by atoms with Crippen LogP contribution in [-0.2, 0) is 21.7 Å². The second-order valence-electron chi connectivity index (χ2n) is 12.5. The lowest BCUT2D eigenvalue weighted by atomic mass is 9.82. The monoisotopic (exact) mass is 680 g/mol. The van der Waals surface area contributed by atoms with E-state index in [0.29, 0.717) is 34.7 Å². The Hall–Kier alpha value is -5.46. The number of rotatable bonds is 11. The summed E-state index contributed by atoms with van der Waals surface area (Å²) in [6.45, 7) is 2.27. The van der Waals surface area contributed by atoms with Gasteiger partial charge in [-0.15, -0.1) is 0 Å². The lowest BCUT2D eigenvalue weighted by Crippen LogP contribution is -2.44. The summed E-state index contributed by atoms with van der Waals surface area (Å²) in [6.07, 6.45) is 8.16. The van der Waals surface area contributed by atoms with Gasteiger partial charge < -0.3 is 29.5 Å². The highest BCUT2D eigenvalue weighted by atomic mass is 16.5. The Morgan fingerprint density at radius 1 is 0.940 bits per heavy atom. The summed E-state index contributed by atoms with van der Waals surface area (Å²) >= 11 is 0. The van der Waals surface area contributed by atoms with Crippen LogP contribution in [0.3, 0.4) is 0 Å². The second kappa shape index (κ2) is 14.2. The number of hydrogen-bond donors (Lipinski definition) is 2. The number of benzene rings is 2. The highest BCUT2D eigenvalue weighted by Crippen LogP contribution is 2.46. The second-order valence-corrected chi connectivity index (χ2v) is 12.5. The quantitative estimate of drug-likeness (QED) is 0.230. The molecule has 0 bridgehead atoms. The number of hydrogen-bond acceptors (Lipinski definition) is 8. The van der Waals surface area contributed by atoms with Gasteiger partial charge in [0, 0.05) is 48.2 Å². The van der Waals surface area contributed by atoms with Gasteiger partial charge in [0.25, 0.3) is 17.0 Å². The summed E-state index contributed by atoms with van der Waals surface area (Å²) in [7, 11) is 2.84. The zero-order valence-electron chi connectivity index (χ0n) is 28.2. The average Bonchev–Trinajstić information content (AvgIpc) is 3.70. The van der Waals surface area contributed by atoms with Gasteiger partial charge in [-0.25, -0.2) is 0 Å². The molecule has 0 saturated carbocycles. The summed E-state index contributed by atoms with van der Waals surface area (Å²) in [4.78, 5) is 56.6. The number of aromatic nitrogens is 2. The molecule has 1 saturated heterocycles. The Kier molecular flexibility index (Phi) is 9.76. The number of aliphatic hydroxyl groups excluding tert-OH is 1. The van der Waals surface area contributed by atoms with Gasteiger partial charge in [-0.05, 0) is 73.0 Å². The summed E-state index contributed by atoms with van der Waals surface area (Å²) in [6, 6.07) is 18.5. The fraction of sp³-hybridized carbons (Fsp3) is 0.316. The van der Waals surface area contributed by atoms with Crippen LogP contribution in [0.15, 0.2) is 101 Å². The molecular formula is C38H40N4O8. The molecule has 0 spiro atoms. The molecule has 1 fully saturated rings. The molecule has 2 aromatic carbocycles. The van der Waals surface area contributed by atoms with E-state index in [-0.39, 0.29) is 48.6 Å². The number of amides is 2. The molecule has 6 rings (SSSR count). The van der Waals surface area contributed by atoms with Crippen molar-refractivity contribution >= 4 is 17.5 Å². The van der Waals surface area contributed by atoms with Gasteiger partial charge in [0.15, 0.2) is 17.1 Å². The van der Waals surface area contributed by atoms with Crippen molar-refractivity contribution in [2.45, 2.75) is 44.4 Å². The van der Waals surface area contributed by atoms with E-state index in [4.69, 9.17) is 9.47 Å². The zero-order valence-corrected chi connectivity index (χ0v) is 28.2. The zero-order chi connectivity index (χ0) is 35.6. The van der Waals surface area contributed by atoms with Crippen molar-refractivity contribution in [1.29, 1.82) is 0 Å². The van der Waals surface area contributed by atoms with E-state index in [2.05, 4.69) is 0 Å². The first-order valence-corrected chi connectivity index (χ1v) is 16.5. The largest absolute Gasteiger partial charge is 0.491 e. The van der Waals surface area contributed by atoms with Crippen molar-refractivity contribution in [2.24, 2.45) is 5.92 Å². The number of carbonyl (C=O) groups is 2. The molecule has 0 aliphatic carbocycles. The molecule has 2 aliphatic heterocycles. The van der Waals surface area contributed by atoms with E-state index in [1.165, 1.54) is 28.3 Å². The van der Waals surface area contributed by atoms with Crippen LogP contribution in [0.2, 0.25) is 0 Å². The number of carbonyl (C=O) groups excluding carboxylic acids is 2. The smallest absolute Gasteiger partial charge is 0.297 e. The number of fused-ring (bicyclic) bond motifs is 1. The topological polar surface area (TPSA) is 144 Å². The lowest BCUT2D eigenvalue weighted by Gasteiger charge is -2.28. The summed E-state index contributed by atoms with van der Waals surface area (Å²) < 4.78 is 13.3. The van der Waals surface area contributed by atoms with Gasteiger partial charge in [-0.1, -0.05) is 31.2 Å². The number of aliphatic hydroxyl groups is 2. The fourth-order valence-electron chi connectivity index (χ4n) is 6.88. The molecule has 0 radical (unpaired) electrons. The number of likely N-dealkylation sites (tertiary alicyclic amines) is 1. The Balaban J connectivity index is 1.36. The van der Waals surface area contributed by atoms with Gasteiger partial charge >= 0.3 is 0 Å². The van der Waals surface area contributed by atoms with Gasteiger partial charge in [-0.2, -0.15) is 0 Å². The maximum atomic E-state index is 14.4. The van der Waals surface area contributed by atoms with E-state index in [0.717, 1.165) is 12.8 Å². The Labute approximate surface area is 289 Å². The number of anilines is 1. The molecule has 4 heterocycles. The van der Waals surface area contributed by atoms with Crippen LogP contribution >= 0.6 is 0 Å². The van der Waals surface area contributed by atoms with Crippen LogP contribution in [0.25, 0.3) is 11.4 Å². The minimum Gasteiger partial charge on any atom is -0.491 e. The first kappa shape index (κ1) is 34.4. The molecule has 0 unspecified atom stereocenters. The highest BCUT2D eigenvalue weighted by Gasteiger charge is 2.52. The number of methoxy groups -OCH3 is 2. The van der Waals surface area contributed by atoms with Gasteiger partial charge in [0.1, 0.15) is 0 Å². The Bertz CT molecular complexity index is 2070. The predicted molar refractivity (Wildman–Crippen MR) is 187 cm³/mol. The number of nitrogens with zero attached hydrogens (tertiary/aromatic N) is 4. The first-order chi connectivity index (χ1) is 24.1. The van der Waals surface area contributed by atoms with Crippen molar-refractivity contribution in [2.75, 3.05) is 32.3 Å². The van der Waals surface area contributed by atoms with E-state index in [1.807, 2.05) is 6.07 Å². The van der Waals surface area contributed by atoms with Crippen LogP contribution < -0.4 is 25.5 Å². The standard InChI is InChI=1S/C38H40N4O8/c1-25(9-4-15-34(44)39-18-6-12-29(39)24-43)38(48)30-22-28(41-20-8-14-33(50-3)36(41)46)16-17-31(30)42(37(38)47)23-26-10-5-11-27(21-26)40-19-7-13-32(49-2)35(40)45/h4-5,7-11,13-14,16-17,19-22,25,29,43,48H,6,12,15,18,23-24H2,1-3H3/b9-4+/t25-,29+,38+/m1/s1. The first-order valence-electron chi connectivity index (χ1n) is 16.5. The van der Waals surface area contributed by atoms with E-state index < -0.39 is 23.0 Å². The van der Waals surface area contributed by atoms with Crippen molar-refractivity contribution in [3.8, 4) is 22.9 Å². The summed E-state index contributed by atoms with van der Waals surface area (Å²) in [5, 5.41) is 22.1. The van der Waals surface area contributed by atoms with Crippen molar-refractivity contribution < 1.29 is 29.3 Å². The van der Waals surface area contributed by atoms with Crippen LogP contribution in [0.4, 0.5) is 5.69 Å². The highest BCUT2D eigenvalue weighted by molar-refractivity contribution is 6.07. The molecule has 2 amide bonds.